The molecule has 0 radical (unpaired) electrons. The Morgan fingerprint density at radius 3 is 2.79 bits per heavy atom. The van der Waals surface area contributed by atoms with Crippen molar-refractivity contribution in [2.75, 3.05) is 20.8 Å². The van der Waals surface area contributed by atoms with Gasteiger partial charge in [-0.25, -0.2) is 15.1 Å². The zero-order chi connectivity index (χ0) is 14.3. The van der Waals surface area contributed by atoms with E-state index in [1.165, 1.54) is 4.90 Å². The van der Waals surface area contributed by atoms with Crippen molar-refractivity contribution in [2.45, 2.75) is 6.54 Å². The van der Waals surface area contributed by atoms with Crippen LogP contribution in [0.1, 0.15) is 5.56 Å². The molecule has 0 bridgehead atoms. The minimum Gasteiger partial charge on any atom is -0.497 e. The predicted octanol–water partition coefficient (Wildman–Crippen LogP) is 0.853. The van der Waals surface area contributed by atoms with E-state index in [0.29, 0.717) is 12.3 Å². The van der Waals surface area contributed by atoms with Gasteiger partial charge >= 0.3 is 12.0 Å². The highest BCUT2D eigenvalue weighted by atomic mass is 16.7. The Morgan fingerprint density at radius 1 is 1.42 bits per heavy atom. The Kier molecular flexibility index (Phi) is 5.62. The van der Waals surface area contributed by atoms with Gasteiger partial charge in [-0.3, -0.25) is 4.84 Å². The number of methoxy groups -OCH3 is 1. The minimum absolute atomic E-state index is 0.347. The van der Waals surface area contributed by atoms with E-state index < -0.39 is 18.6 Å². The van der Waals surface area contributed by atoms with Gasteiger partial charge in [0.1, 0.15) is 5.75 Å². The van der Waals surface area contributed by atoms with E-state index in [-0.39, 0.29) is 0 Å². The minimum atomic E-state index is -1.16. The van der Waals surface area contributed by atoms with Crippen molar-refractivity contribution in [3.63, 3.8) is 0 Å². The second-order valence-corrected chi connectivity index (χ2v) is 3.80. The predicted molar refractivity (Wildman–Crippen MR) is 66.6 cm³/mol. The van der Waals surface area contributed by atoms with Crippen LogP contribution in [0.5, 0.6) is 5.75 Å². The summed E-state index contributed by atoms with van der Waals surface area (Å²) in [6.45, 7) is -0.238. The largest absolute Gasteiger partial charge is 0.497 e. The number of carbonyl (C=O) groups excluding carboxylic acids is 1. The summed E-state index contributed by atoms with van der Waals surface area (Å²) in [5, 5.41) is 8.35. The summed E-state index contributed by atoms with van der Waals surface area (Å²) in [7, 11) is 3.13. The van der Waals surface area contributed by atoms with E-state index in [1.807, 2.05) is 23.7 Å². The molecule has 0 saturated carbocycles. The normalized spacial score (nSPS) is 9.79. The van der Waals surface area contributed by atoms with Gasteiger partial charge in [0.05, 0.1) is 7.11 Å². The Balaban J connectivity index is 2.46. The molecule has 0 unspecified atom stereocenters. The number of carboxylic acids is 1. The van der Waals surface area contributed by atoms with Gasteiger partial charge in [-0.05, 0) is 17.7 Å². The maximum Gasteiger partial charge on any atom is 0.341 e. The maximum absolute atomic E-state index is 11.5. The molecule has 7 heteroatoms. The summed E-state index contributed by atoms with van der Waals surface area (Å²) in [5.74, 6) is -0.454. The van der Waals surface area contributed by atoms with E-state index in [0.717, 1.165) is 5.56 Å². The van der Waals surface area contributed by atoms with E-state index in [4.69, 9.17) is 9.84 Å². The number of hydrogen-bond donors (Lipinski definition) is 2. The van der Waals surface area contributed by atoms with Crippen LogP contribution in [0.25, 0.3) is 0 Å². The van der Waals surface area contributed by atoms with E-state index in [9.17, 15) is 9.59 Å². The van der Waals surface area contributed by atoms with Crippen molar-refractivity contribution in [3.8, 4) is 5.75 Å². The third-order valence-electron chi connectivity index (χ3n) is 2.26. The first-order chi connectivity index (χ1) is 9.02. The van der Waals surface area contributed by atoms with Gasteiger partial charge in [-0.1, -0.05) is 12.1 Å². The quantitative estimate of drug-likeness (QED) is 0.747. The number of ether oxygens (including phenoxy) is 1. The molecule has 0 atom stereocenters. The molecular weight excluding hydrogens is 252 g/mol. The fourth-order valence-corrected chi connectivity index (χ4v) is 1.35. The van der Waals surface area contributed by atoms with E-state index in [1.54, 1.807) is 20.2 Å². The van der Waals surface area contributed by atoms with Crippen LogP contribution >= 0.6 is 0 Å². The molecule has 0 aromatic heterocycles. The summed E-state index contributed by atoms with van der Waals surface area (Å²) in [6.07, 6.45) is 0. The highest BCUT2D eigenvalue weighted by Crippen LogP contribution is 2.13. The van der Waals surface area contributed by atoms with Crippen molar-refractivity contribution >= 4 is 12.0 Å². The first kappa shape index (κ1) is 14.8. The summed E-state index contributed by atoms with van der Waals surface area (Å²) >= 11 is 0. The lowest BCUT2D eigenvalue weighted by molar-refractivity contribution is -0.144. The Morgan fingerprint density at radius 2 is 2.16 bits per heavy atom. The number of carboxylic acid groups (broad SMARTS) is 1. The Labute approximate surface area is 110 Å². The summed E-state index contributed by atoms with van der Waals surface area (Å²) in [5.41, 5.74) is 2.92. The number of benzene rings is 1. The lowest BCUT2D eigenvalue weighted by atomic mass is 10.2. The lowest BCUT2D eigenvalue weighted by Gasteiger charge is -2.17. The molecular formula is C12H16N2O5. The maximum atomic E-state index is 11.5. The van der Waals surface area contributed by atoms with E-state index in [2.05, 4.69) is 4.84 Å². The average molecular weight is 268 g/mol. The highest BCUT2D eigenvalue weighted by molar-refractivity contribution is 5.73. The monoisotopic (exact) mass is 268 g/mol. The Hall–Kier alpha value is -2.28. The van der Waals surface area contributed by atoms with Crippen LogP contribution in [0, 0.1) is 0 Å². The highest BCUT2D eigenvalue weighted by Gasteiger charge is 2.10. The molecule has 7 nitrogen and oxygen atoms in total. The topological polar surface area (TPSA) is 88.1 Å². The van der Waals surface area contributed by atoms with Gasteiger partial charge in [0.2, 0.25) is 0 Å². The van der Waals surface area contributed by atoms with Crippen LogP contribution in [0.3, 0.4) is 0 Å². The standard InChI is InChI=1S/C12H16N2O5/c1-14(12(17)13-19-8-11(15)16)7-9-4-3-5-10(6-9)18-2/h3-6H,7-8H2,1-2H3,(H,13,17)(H,15,16). The number of hydrogen-bond acceptors (Lipinski definition) is 4. The summed E-state index contributed by atoms with van der Waals surface area (Å²) in [4.78, 5) is 27.6. The van der Waals surface area contributed by atoms with Gasteiger partial charge in [-0.2, -0.15) is 0 Å². The van der Waals surface area contributed by atoms with Gasteiger partial charge in [-0.15, -0.1) is 0 Å². The number of carbonyl (C=O) groups is 2. The summed E-state index contributed by atoms with van der Waals surface area (Å²) < 4.78 is 5.08. The molecule has 0 heterocycles. The molecule has 1 rings (SSSR count). The van der Waals surface area contributed by atoms with Crippen molar-refractivity contribution in [1.82, 2.24) is 10.4 Å². The van der Waals surface area contributed by atoms with Crippen LogP contribution in [0.4, 0.5) is 4.79 Å². The van der Waals surface area contributed by atoms with Gasteiger partial charge < -0.3 is 14.7 Å². The number of nitrogens with zero attached hydrogens (tertiary/aromatic N) is 1. The van der Waals surface area contributed by atoms with Crippen LogP contribution < -0.4 is 10.2 Å². The number of urea groups is 1. The fourth-order valence-electron chi connectivity index (χ4n) is 1.35. The molecule has 0 fully saturated rings. The second kappa shape index (κ2) is 7.22. The number of hydroxylamine groups is 1. The number of amides is 2. The molecule has 0 spiro atoms. The van der Waals surface area contributed by atoms with Gasteiger partial charge in [0.25, 0.3) is 0 Å². The third-order valence-corrected chi connectivity index (χ3v) is 2.26. The number of aliphatic carboxylic acids is 1. The molecule has 2 amide bonds. The first-order valence-corrected chi connectivity index (χ1v) is 5.50. The van der Waals surface area contributed by atoms with Crippen LogP contribution in [-0.4, -0.2) is 42.8 Å². The molecule has 0 saturated heterocycles. The van der Waals surface area contributed by atoms with Crippen LogP contribution in [0.15, 0.2) is 24.3 Å². The van der Waals surface area contributed by atoms with Crippen LogP contribution in [-0.2, 0) is 16.2 Å². The second-order valence-electron chi connectivity index (χ2n) is 3.80. The molecule has 19 heavy (non-hydrogen) atoms. The SMILES string of the molecule is COc1cccc(CN(C)C(=O)NOCC(=O)O)c1. The van der Waals surface area contributed by atoms with Crippen molar-refractivity contribution in [1.29, 1.82) is 0 Å². The van der Waals surface area contributed by atoms with Crippen LogP contribution in [0.2, 0.25) is 0 Å². The number of nitrogens with one attached hydrogen (secondary N) is 1. The molecule has 2 N–H and O–H groups in total. The molecule has 0 aliphatic rings. The fraction of sp³-hybridized carbons (Fsp3) is 0.333. The van der Waals surface area contributed by atoms with Gasteiger partial charge in [0, 0.05) is 13.6 Å². The molecule has 0 aliphatic heterocycles. The summed E-state index contributed by atoms with van der Waals surface area (Å²) in [6, 6.07) is 6.76. The molecule has 1 aromatic carbocycles. The molecule has 0 aliphatic carbocycles. The smallest absolute Gasteiger partial charge is 0.341 e. The van der Waals surface area contributed by atoms with Crippen molar-refractivity contribution in [2.24, 2.45) is 0 Å². The lowest BCUT2D eigenvalue weighted by Crippen LogP contribution is -2.37. The van der Waals surface area contributed by atoms with Crippen molar-refractivity contribution in [3.05, 3.63) is 29.8 Å². The molecule has 104 valence electrons. The van der Waals surface area contributed by atoms with Gasteiger partial charge in [0.15, 0.2) is 6.61 Å². The zero-order valence-corrected chi connectivity index (χ0v) is 10.8. The third kappa shape index (κ3) is 5.26. The first-order valence-electron chi connectivity index (χ1n) is 5.50. The van der Waals surface area contributed by atoms with Crippen molar-refractivity contribution < 1.29 is 24.3 Å². The average Bonchev–Trinajstić information content (AvgIpc) is 2.38. The molecule has 1 aromatic rings. The number of rotatable bonds is 6. The zero-order valence-electron chi connectivity index (χ0n) is 10.8. The van der Waals surface area contributed by atoms with E-state index >= 15 is 0 Å². The Bertz CT molecular complexity index is 450.